The minimum absolute atomic E-state index is 0.104. The Labute approximate surface area is 121 Å². The number of fused-ring (bicyclic) bond motifs is 1. The molecule has 0 aliphatic heterocycles. The first-order chi connectivity index (χ1) is 10.2. The fraction of sp³-hybridized carbons (Fsp3) is 0.125. The molecule has 21 heavy (non-hydrogen) atoms. The highest BCUT2D eigenvalue weighted by Crippen LogP contribution is 2.18. The van der Waals surface area contributed by atoms with Crippen molar-refractivity contribution in [3.63, 3.8) is 0 Å². The lowest BCUT2D eigenvalue weighted by Crippen LogP contribution is -2.24. The van der Waals surface area contributed by atoms with Gasteiger partial charge < -0.3 is 15.5 Å². The van der Waals surface area contributed by atoms with Crippen molar-refractivity contribution in [2.75, 3.05) is 5.73 Å². The summed E-state index contributed by atoms with van der Waals surface area (Å²) < 4.78 is 5.16. The van der Waals surface area contributed by atoms with Gasteiger partial charge in [-0.25, -0.2) is 0 Å². The van der Waals surface area contributed by atoms with Crippen molar-refractivity contribution in [2.24, 2.45) is 0 Å². The van der Waals surface area contributed by atoms with E-state index in [1.54, 1.807) is 18.4 Å². The summed E-state index contributed by atoms with van der Waals surface area (Å²) >= 11 is 0. The molecule has 0 bridgehead atoms. The van der Waals surface area contributed by atoms with Crippen LogP contribution >= 0.6 is 0 Å². The largest absolute Gasteiger partial charge is 0.467 e. The standard InChI is InChI=1S/C16H15N3O2/c17-14-5-1-3-11-6-7-12(19-16(11)14)9-15(20)18-10-13-4-2-8-21-13/h1-8H,9-10,17H2,(H,18,20). The molecular weight excluding hydrogens is 266 g/mol. The normalized spacial score (nSPS) is 10.7. The summed E-state index contributed by atoms with van der Waals surface area (Å²) in [4.78, 5) is 16.4. The van der Waals surface area contributed by atoms with Crippen LogP contribution in [0.15, 0.2) is 53.1 Å². The summed E-state index contributed by atoms with van der Waals surface area (Å²) in [6.45, 7) is 0.377. The van der Waals surface area contributed by atoms with Gasteiger partial charge in [0, 0.05) is 5.39 Å². The second-order valence-corrected chi connectivity index (χ2v) is 4.75. The van der Waals surface area contributed by atoms with E-state index in [2.05, 4.69) is 10.3 Å². The molecule has 0 spiro atoms. The van der Waals surface area contributed by atoms with E-state index in [-0.39, 0.29) is 12.3 Å². The van der Waals surface area contributed by atoms with E-state index in [4.69, 9.17) is 10.2 Å². The molecule has 0 saturated carbocycles. The summed E-state index contributed by atoms with van der Waals surface area (Å²) in [5.74, 6) is 0.617. The van der Waals surface area contributed by atoms with Crippen LogP contribution in [0, 0.1) is 0 Å². The highest BCUT2D eigenvalue weighted by atomic mass is 16.3. The Kier molecular flexibility index (Phi) is 3.55. The van der Waals surface area contributed by atoms with Gasteiger partial charge in [0.05, 0.1) is 36.1 Å². The van der Waals surface area contributed by atoms with E-state index < -0.39 is 0 Å². The van der Waals surface area contributed by atoms with Crippen LogP contribution in [0.1, 0.15) is 11.5 Å². The Morgan fingerprint density at radius 3 is 2.90 bits per heavy atom. The summed E-state index contributed by atoms with van der Waals surface area (Å²) in [6, 6.07) is 13.0. The van der Waals surface area contributed by atoms with Crippen LogP contribution in [0.5, 0.6) is 0 Å². The van der Waals surface area contributed by atoms with Gasteiger partial charge in [-0.05, 0) is 24.3 Å². The van der Waals surface area contributed by atoms with Crippen LogP contribution in [0.2, 0.25) is 0 Å². The van der Waals surface area contributed by atoms with Crippen LogP contribution in [-0.4, -0.2) is 10.9 Å². The smallest absolute Gasteiger partial charge is 0.226 e. The lowest BCUT2D eigenvalue weighted by atomic mass is 10.1. The van der Waals surface area contributed by atoms with Gasteiger partial charge in [-0.15, -0.1) is 0 Å². The quantitative estimate of drug-likeness (QED) is 0.719. The number of nitrogens with one attached hydrogen (secondary N) is 1. The first kappa shape index (κ1) is 13.2. The number of nitrogens with zero attached hydrogens (tertiary/aromatic N) is 1. The number of benzene rings is 1. The second-order valence-electron chi connectivity index (χ2n) is 4.75. The van der Waals surface area contributed by atoms with Gasteiger partial charge in [0.2, 0.25) is 5.91 Å². The molecule has 0 aliphatic rings. The average molecular weight is 281 g/mol. The van der Waals surface area contributed by atoms with Gasteiger partial charge in [0.15, 0.2) is 0 Å². The first-order valence-corrected chi connectivity index (χ1v) is 6.65. The van der Waals surface area contributed by atoms with Crippen molar-refractivity contribution >= 4 is 22.5 Å². The lowest BCUT2D eigenvalue weighted by Gasteiger charge is -2.06. The summed E-state index contributed by atoms with van der Waals surface area (Å²) in [5.41, 5.74) is 7.94. The third kappa shape index (κ3) is 3.02. The number of para-hydroxylation sites is 1. The number of amides is 1. The predicted molar refractivity (Wildman–Crippen MR) is 80.4 cm³/mol. The van der Waals surface area contributed by atoms with Crippen molar-refractivity contribution in [1.29, 1.82) is 0 Å². The molecule has 5 heteroatoms. The zero-order valence-electron chi connectivity index (χ0n) is 11.4. The minimum Gasteiger partial charge on any atom is -0.467 e. The third-order valence-corrected chi connectivity index (χ3v) is 3.19. The molecule has 0 unspecified atom stereocenters. The molecule has 1 aromatic carbocycles. The molecule has 3 N–H and O–H groups in total. The van der Waals surface area contributed by atoms with Gasteiger partial charge in [0.25, 0.3) is 0 Å². The van der Waals surface area contributed by atoms with Crippen LogP contribution < -0.4 is 11.1 Å². The molecule has 3 rings (SSSR count). The zero-order valence-corrected chi connectivity index (χ0v) is 11.4. The van der Waals surface area contributed by atoms with Crippen molar-refractivity contribution in [1.82, 2.24) is 10.3 Å². The van der Waals surface area contributed by atoms with Crippen LogP contribution in [0.3, 0.4) is 0 Å². The Morgan fingerprint density at radius 2 is 2.10 bits per heavy atom. The molecule has 1 amide bonds. The number of rotatable bonds is 4. The number of nitrogens with two attached hydrogens (primary N) is 1. The summed E-state index contributed by atoms with van der Waals surface area (Å²) in [5, 5.41) is 3.76. The van der Waals surface area contributed by atoms with Gasteiger partial charge in [0.1, 0.15) is 5.76 Å². The van der Waals surface area contributed by atoms with Crippen LogP contribution in [0.4, 0.5) is 5.69 Å². The summed E-state index contributed by atoms with van der Waals surface area (Å²) in [6.07, 6.45) is 1.79. The number of hydrogen-bond donors (Lipinski definition) is 2. The Bertz CT molecular complexity index is 766. The number of aromatic nitrogens is 1. The molecule has 0 atom stereocenters. The Morgan fingerprint density at radius 1 is 1.19 bits per heavy atom. The van der Waals surface area contributed by atoms with Gasteiger partial charge in [-0.2, -0.15) is 0 Å². The molecule has 0 radical (unpaired) electrons. The van der Waals surface area contributed by atoms with Crippen LogP contribution in [-0.2, 0) is 17.8 Å². The predicted octanol–water partition coefficient (Wildman–Crippen LogP) is 2.27. The van der Waals surface area contributed by atoms with E-state index in [1.807, 2.05) is 30.3 Å². The van der Waals surface area contributed by atoms with E-state index in [1.165, 1.54) is 0 Å². The molecule has 5 nitrogen and oxygen atoms in total. The highest BCUT2D eigenvalue weighted by Gasteiger charge is 2.07. The molecule has 0 aliphatic carbocycles. The van der Waals surface area contributed by atoms with E-state index in [0.717, 1.165) is 16.7 Å². The Hall–Kier alpha value is -2.82. The van der Waals surface area contributed by atoms with Crippen LogP contribution in [0.25, 0.3) is 10.9 Å². The molecule has 2 aromatic heterocycles. The highest BCUT2D eigenvalue weighted by molar-refractivity contribution is 5.89. The topological polar surface area (TPSA) is 81.2 Å². The van der Waals surface area contributed by atoms with Crippen molar-refractivity contribution < 1.29 is 9.21 Å². The second kappa shape index (κ2) is 5.66. The van der Waals surface area contributed by atoms with Crippen molar-refractivity contribution in [3.05, 3.63) is 60.2 Å². The van der Waals surface area contributed by atoms with Gasteiger partial charge in [-0.1, -0.05) is 18.2 Å². The third-order valence-electron chi connectivity index (χ3n) is 3.19. The van der Waals surface area contributed by atoms with Gasteiger partial charge in [-0.3, -0.25) is 9.78 Å². The summed E-state index contributed by atoms with van der Waals surface area (Å²) in [7, 11) is 0. The van der Waals surface area contributed by atoms with E-state index in [0.29, 0.717) is 17.9 Å². The van der Waals surface area contributed by atoms with E-state index >= 15 is 0 Å². The Balaban J connectivity index is 1.69. The maximum Gasteiger partial charge on any atom is 0.226 e. The fourth-order valence-corrected chi connectivity index (χ4v) is 2.13. The molecule has 106 valence electrons. The lowest BCUT2D eigenvalue weighted by molar-refractivity contribution is -0.120. The van der Waals surface area contributed by atoms with Crippen molar-refractivity contribution in [3.8, 4) is 0 Å². The molecule has 0 saturated heterocycles. The fourth-order valence-electron chi connectivity index (χ4n) is 2.13. The SMILES string of the molecule is Nc1cccc2ccc(CC(=O)NCc3ccco3)nc12. The first-order valence-electron chi connectivity index (χ1n) is 6.65. The number of anilines is 1. The number of furan rings is 1. The van der Waals surface area contributed by atoms with Gasteiger partial charge >= 0.3 is 0 Å². The average Bonchev–Trinajstić information content (AvgIpc) is 2.99. The molecule has 2 heterocycles. The number of nitrogen functional groups attached to an aromatic ring is 1. The number of hydrogen-bond acceptors (Lipinski definition) is 4. The zero-order chi connectivity index (χ0) is 14.7. The number of carbonyl (C=O) groups excluding carboxylic acids is 1. The van der Waals surface area contributed by atoms with Crippen molar-refractivity contribution in [2.45, 2.75) is 13.0 Å². The molecule has 0 fully saturated rings. The molecular formula is C16H15N3O2. The minimum atomic E-state index is -0.104. The number of pyridine rings is 1. The maximum absolute atomic E-state index is 11.9. The number of carbonyl (C=O) groups is 1. The molecule has 3 aromatic rings. The van der Waals surface area contributed by atoms with E-state index in [9.17, 15) is 4.79 Å². The maximum atomic E-state index is 11.9. The monoisotopic (exact) mass is 281 g/mol.